The Labute approximate surface area is 145 Å². The molecule has 0 saturated heterocycles. The second-order valence-electron chi connectivity index (χ2n) is 5.44. The number of non-ortho nitro benzene ring substituents is 1. The molecule has 0 aliphatic heterocycles. The number of nitro groups is 1. The molecule has 1 aromatic heterocycles. The summed E-state index contributed by atoms with van der Waals surface area (Å²) in [4.78, 5) is 16.6. The number of nitrogens with zero attached hydrogens (tertiary/aromatic N) is 4. The number of aromatic nitrogens is 1. The van der Waals surface area contributed by atoms with Gasteiger partial charge in [0.05, 0.1) is 16.5 Å². The number of aryl methyl sites for hydroxylation is 1. The van der Waals surface area contributed by atoms with Gasteiger partial charge in [0.15, 0.2) is 5.96 Å². The highest BCUT2D eigenvalue weighted by atomic mass is 35.5. The minimum Gasteiger partial charge on any atom is -0.352 e. The lowest BCUT2D eigenvalue weighted by Gasteiger charge is -2.22. The Morgan fingerprint density at radius 1 is 1.46 bits per heavy atom. The largest absolute Gasteiger partial charge is 0.352 e. The van der Waals surface area contributed by atoms with Crippen molar-refractivity contribution in [3.05, 3.63) is 62.9 Å². The highest BCUT2D eigenvalue weighted by Crippen LogP contribution is 2.15. The fraction of sp³-hybridized carbons (Fsp3) is 0.312. The monoisotopic (exact) mass is 349 g/mol. The number of benzene rings is 1. The van der Waals surface area contributed by atoms with Gasteiger partial charge in [-0.05, 0) is 11.6 Å². The van der Waals surface area contributed by atoms with Crippen molar-refractivity contribution in [3.8, 4) is 0 Å². The molecule has 0 aliphatic rings. The molecule has 7 nitrogen and oxygen atoms in total. The lowest BCUT2D eigenvalue weighted by molar-refractivity contribution is -0.384. The van der Waals surface area contributed by atoms with E-state index in [0.717, 1.165) is 11.3 Å². The summed E-state index contributed by atoms with van der Waals surface area (Å²) in [5.74, 6) is 0.693. The van der Waals surface area contributed by atoms with Crippen LogP contribution in [-0.2, 0) is 20.1 Å². The minimum absolute atomic E-state index is 0.0797. The molecule has 24 heavy (non-hydrogen) atoms. The molecule has 0 unspecified atom stereocenters. The summed E-state index contributed by atoms with van der Waals surface area (Å²) in [6, 6.07) is 8.45. The van der Waals surface area contributed by atoms with E-state index in [4.69, 9.17) is 11.6 Å². The zero-order chi connectivity index (χ0) is 17.7. The van der Waals surface area contributed by atoms with Gasteiger partial charge in [0.25, 0.3) is 5.69 Å². The first-order valence-electron chi connectivity index (χ1n) is 7.36. The van der Waals surface area contributed by atoms with Gasteiger partial charge in [-0.15, -0.1) is 0 Å². The summed E-state index contributed by atoms with van der Waals surface area (Å²) in [7, 11) is 5.56. The number of hydrogen-bond acceptors (Lipinski definition) is 3. The fourth-order valence-electron chi connectivity index (χ4n) is 2.39. The molecule has 0 saturated carbocycles. The Kier molecular flexibility index (Phi) is 5.81. The van der Waals surface area contributed by atoms with Crippen LogP contribution in [0.25, 0.3) is 0 Å². The van der Waals surface area contributed by atoms with Gasteiger partial charge in [0, 0.05) is 51.7 Å². The van der Waals surface area contributed by atoms with Crippen molar-refractivity contribution >= 4 is 23.2 Å². The molecule has 0 radical (unpaired) electrons. The van der Waals surface area contributed by atoms with E-state index >= 15 is 0 Å². The highest BCUT2D eigenvalue weighted by molar-refractivity contribution is 6.30. The first-order valence-corrected chi connectivity index (χ1v) is 7.74. The van der Waals surface area contributed by atoms with Crippen molar-refractivity contribution < 1.29 is 4.92 Å². The van der Waals surface area contributed by atoms with Crippen molar-refractivity contribution in [1.82, 2.24) is 14.8 Å². The molecule has 8 heteroatoms. The number of halogens is 1. The van der Waals surface area contributed by atoms with Crippen LogP contribution in [-0.4, -0.2) is 34.4 Å². The predicted octanol–water partition coefficient (Wildman–Crippen LogP) is 2.79. The van der Waals surface area contributed by atoms with E-state index in [0.29, 0.717) is 24.1 Å². The molecule has 1 N–H and O–H groups in total. The fourth-order valence-corrected chi connectivity index (χ4v) is 2.66. The average molecular weight is 350 g/mol. The number of nitro benzene ring substituents is 1. The van der Waals surface area contributed by atoms with Crippen LogP contribution in [0.4, 0.5) is 5.69 Å². The third-order valence-corrected chi connectivity index (χ3v) is 3.83. The van der Waals surface area contributed by atoms with E-state index in [9.17, 15) is 10.1 Å². The molecule has 128 valence electrons. The van der Waals surface area contributed by atoms with Crippen LogP contribution in [0, 0.1) is 10.1 Å². The van der Waals surface area contributed by atoms with Gasteiger partial charge < -0.3 is 14.8 Å². The van der Waals surface area contributed by atoms with Gasteiger partial charge in [-0.1, -0.05) is 23.7 Å². The number of guanidine groups is 1. The van der Waals surface area contributed by atoms with Gasteiger partial charge >= 0.3 is 0 Å². The zero-order valence-corrected chi connectivity index (χ0v) is 14.6. The number of nitrogens with one attached hydrogen (secondary N) is 1. The smallest absolute Gasteiger partial charge is 0.269 e. The number of rotatable bonds is 5. The van der Waals surface area contributed by atoms with Crippen LogP contribution in [0.3, 0.4) is 0 Å². The van der Waals surface area contributed by atoms with E-state index in [1.54, 1.807) is 19.2 Å². The molecule has 0 fully saturated rings. The van der Waals surface area contributed by atoms with Crippen LogP contribution in [0.15, 0.2) is 41.5 Å². The molecule has 1 heterocycles. The summed E-state index contributed by atoms with van der Waals surface area (Å²) in [6.07, 6.45) is 1.85. The molecular weight excluding hydrogens is 330 g/mol. The molecule has 2 rings (SSSR count). The Bertz CT molecular complexity index is 757. The Balaban J connectivity index is 2.00. The normalized spacial score (nSPS) is 11.4. The number of aliphatic imine (C=N–C) groups is 1. The van der Waals surface area contributed by atoms with E-state index in [1.165, 1.54) is 6.07 Å². The summed E-state index contributed by atoms with van der Waals surface area (Å²) >= 11 is 6.00. The minimum atomic E-state index is -0.399. The molecule has 0 bridgehead atoms. The van der Waals surface area contributed by atoms with Crippen molar-refractivity contribution in [3.63, 3.8) is 0 Å². The van der Waals surface area contributed by atoms with E-state index < -0.39 is 4.92 Å². The zero-order valence-electron chi connectivity index (χ0n) is 13.9. The van der Waals surface area contributed by atoms with Crippen molar-refractivity contribution in [2.45, 2.75) is 13.1 Å². The van der Waals surface area contributed by atoms with Crippen molar-refractivity contribution in [1.29, 1.82) is 0 Å². The Morgan fingerprint density at radius 3 is 2.79 bits per heavy atom. The molecule has 0 amide bonds. The van der Waals surface area contributed by atoms with Crippen molar-refractivity contribution in [2.24, 2.45) is 12.0 Å². The lowest BCUT2D eigenvalue weighted by atomic mass is 10.2. The summed E-state index contributed by atoms with van der Waals surface area (Å²) < 4.78 is 1.96. The second kappa shape index (κ2) is 7.83. The second-order valence-corrected chi connectivity index (χ2v) is 5.88. The summed E-state index contributed by atoms with van der Waals surface area (Å²) in [5.41, 5.74) is 1.96. The topological polar surface area (TPSA) is 75.7 Å². The molecule has 0 spiro atoms. The van der Waals surface area contributed by atoms with Gasteiger partial charge in [-0.3, -0.25) is 15.1 Å². The van der Waals surface area contributed by atoms with Gasteiger partial charge in [0.2, 0.25) is 0 Å². The maximum Gasteiger partial charge on any atom is 0.269 e. The molecule has 0 atom stereocenters. The van der Waals surface area contributed by atoms with Crippen LogP contribution >= 0.6 is 11.6 Å². The average Bonchev–Trinajstić information content (AvgIpc) is 2.85. The number of hydrogen-bond donors (Lipinski definition) is 1. The van der Waals surface area contributed by atoms with Crippen LogP contribution in [0.1, 0.15) is 11.3 Å². The molecule has 1 aromatic carbocycles. The van der Waals surface area contributed by atoms with Crippen LogP contribution < -0.4 is 5.32 Å². The first-order chi connectivity index (χ1) is 11.4. The molecular formula is C16H20ClN5O2. The SMILES string of the molecule is CN=C(NCc1cccc([N+](=O)[O-])c1)N(C)Cc1cc(Cl)cn1C. The maximum atomic E-state index is 10.8. The predicted molar refractivity (Wildman–Crippen MR) is 95.2 cm³/mol. The molecule has 2 aromatic rings. The van der Waals surface area contributed by atoms with Crippen molar-refractivity contribution in [2.75, 3.05) is 14.1 Å². The third-order valence-electron chi connectivity index (χ3n) is 3.62. The van der Waals surface area contributed by atoms with Crippen LogP contribution in [0.2, 0.25) is 5.02 Å². The quantitative estimate of drug-likeness (QED) is 0.390. The summed E-state index contributed by atoms with van der Waals surface area (Å²) in [6.45, 7) is 1.09. The van der Waals surface area contributed by atoms with Gasteiger partial charge in [-0.25, -0.2) is 0 Å². The maximum absolute atomic E-state index is 10.8. The Hall–Kier alpha value is -2.54. The van der Waals surface area contributed by atoms with Gasteiger partial charge in [-0.2, -0.15) is 0 Å². The van der Waals surface area contributed by atoms with E-state index in [1.807, 2.05) is 41.9 Å². The molecule has 0 aliphatic carbocycles. The third kappa shape index (κ3) is 4.48. The highest BCUT2D eigenvalue weighted by Gasteiger charge is 2.11. The lowest BCUT2D eigenvalue weighted by Crippen LogP contribution is -2.38. The summed E-state index contributed by atoms with van der Waals surface area (Å²) in [5, 5.41) is 14.7. The Morgan fingerprint density at radius 2 is 2.21 bits per heavy atom. The first kappa shape index (κ1) is 17.8. The van der Waals surface area contributed by atoms with Gasteiger partial charge in [0.1, 0.15) is 0 Å². The van der Waals surface area contributed by atoms with Crippen LogP contribution in [0.5, 0.6) is 0 Å². The van der Waals surface area contributed by atoms with E-state index in [-0.39, 0.29) is 5.69 Å². The van der Waals surface area contributed by atoms with E-state index in [2.05, 4.69) is 10.3 Å². The standard InChI is InChI=1S/C16H20ClN5O2/c1-18-16(21(3)11-15-8-13(17)10-20(15)2)19-9-12-5-4-6-14(7-12)22(23)24/h4-8,10H,9,11H2,1-3H3,(H,18,19).